The number of hydrogen-bond donors (Lipinski definition) is 1. The highest BCUT2D eigenvalue weighted by atomic mass is 35.5. The summed E-state index contributed by atoms with van der Waals surface area (Å²) in [4.78, 5) is 31.3. The minimum absolute atomic E-state index is 0.171. The van der Waals surface area contributed by atoms with E-state index in [-0.39, 0.29) is 29.8 Å². The van der Waals surface area contributed by atoms with Crippen molar-refractivity contribution in [2.45, 2.75) is 13.5 Å². The molecule has 0 spiro atoms. The Morgan fingerprint density at radius 1 is 1.17 bits per heavy atom. The highest BCUT2D eigenvalue weighted by molar-refractivity contribution is 6.31. The molecule has 4 rings (SSSR count). The van der Waals surface area contributed by atoms with E-state index in [4.69, 9.17) is 16.3 Å². The highest BCUT2D eigenvalue weighted by Gasteiger charge is 2.30. The molecule has 1 aromatic heterocycles. The van der Waals surface area contributed by atoms with Crippen molar-refractivity contribution in [1.29, 1.82) is 0 Å². The fourth-order valence-electron chi connectivity index (χ4n) is 3.16. The lowest BCUT2D eigenvalue weighted by Gasteiger charge is -2.21. The molecule has 3 aromatic rings. The third kappa shape index (κ3) is 4.07. The van der Waals surface area contributed by atoms with Crippen molar-refractivity contribution in [3.8, 4) is 11.6 Å². The fraction of sp³-hybridized carbons (Fsp3) is 0.136. The van der Waals surface area contributed by atoms with Crippen LogP contribution >= 0.6 is 11.6 Å². The number of halogens is 1. The zero-order valence-electron chi connectivity index (χ0n) is 15.7. The van der Waals surface area contributed by atoms with E-state index in [2.05, 4.69) is 10.3 Å². The molecule has 0 bridgehead atoms. The normalized spacial score (nSPS) is 12.5. The third-order valence-electron chi connectivity index (χ3n) is 4.54. The summed E-state index contributed by atoms with van der Waals surface area (Å²) >= 11 is 6.14. The van der Waals surface area contributed by atoms with Crippen LogP contribution in [0.2, 0.25) is 5.02 Å². The van der Waals surface area contributed by atoms with Gasteiger partial charge in [-0.25, -0.2) is 4.98 Å². The average molecular weight is 408 g/mol. The van der Waals surface area contributed by atoms with E-state index in [0.717, 1.165) is 11.1 Å². The average Bonchev–Trinajstić information content (AvgIpc) is 2.82. The molecule has 6 nitrogen and oxygen atoms in total. The Balaban J connectivity index is 1.60. The van der Waals surface area contributed by atoms with Gasteiger partial charge in [0, 0.05) is 17.8 Å². The lowest BCUT2D eigenvalue weighted by molar-refractivity contribution is -0.119. The number of nitrogens with zero attached hydrogens (tertiary/aromatic N) is 2. The molecule has 0 aliphatic carbocycles. The van der Waals surface area contributed by atoms with Gasteiger partial charge in [0.15, 0.2) is 5.75 Å². The number of carbonyl (C=O) groups excluding carboxylic acids is 2. The summed E-state index contributed by atoms with van der Waals surface area (Å²) in [5, 5.41) is 3.30. The van der Waals surface area contributed by atoms with Gasteiger partial charge in [0.2, 0.25) is 11.8 Å². The van der Waals surface area contributed by atoms with Gasteiger partial charge in [-0.1, -0.05) is 41.4 Å². The standard InChI is InChI=1S/C22H18ClN3O3/c1-14-4-2-5-15(10-14)12-25-20(27)13-26-18-11-16(23)7-8-19(18)29-21-17(22(26)28)6-3-9-24-21/h2-11H,12-13H2,1H3,(H,25,27). The first-order valence-corrected chi connectivity index (χ1v) is 9.45. The maximum atomic E-state index is 13.1. The van der Waals surface area contributed by atoms with Gasteiger partial charge in [0.25, 0.3) is 5.91 Å². The quantitative estimate of drug-likeness (QED) is 0.706. The largest absolute Gasteiger partial charge is 0.436 e. The van der Waals surface area contributed by atoms with Crippen molar-refractivity contribution in [3.63, 3.8) is 0 Å². The molecule has 1 aliphatic rings. The van der Waals surface area contributed by atoms with Gasteiger partial charge in [-0.05, 0) is 42.8 Å². The Morgan fingerprint density at radius 2 is 2.03 bits per heavy atom. The molecule has 0 saturated carbocycles. The Hall–Kier alpha value is -3.38. The topological polar surface area (TPSA) is 71.5 Å². The molecule has 2 amide bonds. The van der Waals surface area contributed by atoms with Crippen LogP contribution in [-0.2, 0) is 11.3 Å². The van der Waals surface area contributed by atoms with Gasteiger partial charge < -0.3 is 10.1 Å². The Bertz CT molecular complexity index is 1100. The minimum Gasteiger partial charge on any atom is -0.436 e. The zero-order chi connectivity index (χ0) is 20.4. The minimum atomic E-state index is -0.375. The second-order valence-corrected chi connectivity index (χ2v) is 7.16. The number of anilines is 1. The van der Waals surface area contributed by atoms with E-state index in [1.807, 2.05) is 31.2 Å². The molecule has 2 heterocycles. The Morgan fingerprint density at radius 3 is 2.86 bits per heavy atom. The molecule has 7 heteroatoms. The summed E-state index contributed by atoms with van der Waals surface area (Å²) in [6, 6.07) is 16.1. The summed E-state index contributed by atoms with van der Waals surface area (Å²) in [6.07, 6.45) is 1.55. The van der Waals surface area contributed by atoms with E-state index in [9.17, 15) is 9.59 Å². The maximum Gasteiger partial charge on any atom is 0.264 e. The SMILES string of the molecule is Cc1cccc(CNC(=O)CN2C(=O)c3cccnc3Oc3ccc(Cl)cc32)c1. The molecular weight excluding hydrogens is 390 g/mol. The second-order valence-electron chi connectivity index (χ2n) is 6.73. The van der Waals surface area contributed by atoms with Gasteiger partial charge in [0.1, 0.15) is 12.1 Å². The van der Waals surface area contributed by atoms with Crippen LogP contribution in [0.5, 0.6) is 11.6 Å². The van der Waals surface area contributed by atoms with Crippen molar-refractivity contribution in [2.24, 2.45) is 0 Å². The molecule has 1 N–H and O–H groups in total. The molecule has 1 aliphatic heterocycles. The van der Waals surface area contributed by atoms with Crippen molar-refractivity contribution in [3.05, 3.63) is 82.5 Å². The summed E-state index contributed by atoms with van der Waals surface area (Å²) < 4.78 is 5.82. The lowest BCUT2D eigenvalue weighted by Crippen LogP contribution is -2.40. The number of pyridine rings is 1. The molecule has 2 aromatic carbocycles. The molecule has 0 atom stereocenters. The van der Waals surface area contributed by atoms with Gasteiger partial charge in [-0.3, -0.25) is 14.5 Å². The van der Waals surface area contributed by atoms with E-state index in [1.54, 1.807) is 36.5 Å². The summed E-state index contributed by atoms with van der Waals surface area (Å²) in [5.41, 5.74) is 2.81. The number of benzene rings is 2. The predicted molar refractivity (Wildman–Crippen MR) is 110 cm³/mol. The molecular formula is C22H18ClN3O3. The summed E-state index contributed by atoms with van der Waals surface area (Å²) in [7, 11) is 0. The number of carbonyl (C=O) groups is 2. The van der Waals surface area contributed by atoms with Crippen LogP contribution in [0.1, 0.15) is 21.5 Å². The number of ether oxygens (including phenoxy) is 1. The highest BCUT2D eigenvalue weighted by Crippen LogP contribution is 2.39. The molecule has 0 radical (unpaired) electrons. The fourth-order valence-corrected chi connectivity index (χ4v) is 3.33. The number of aromatic nitrogens is 1. The third-order valence-corrected chi connectivity index (χ3v) is 4.77. The number of rotatable bonds is 4. The summed E-state index contributed by atoms with van der Waals surface area (Å²) in [5.74, 6) is -0.0617. The number of fused-ring (bicyclic) bond motifs is 2. The molecule has 0 fully saturated rings. The molecule has 0 unspecified atom stereocenters. The van der Waals surface area contributed by atoms with E-state index in [0.29, 0.717) is 23.0 Å². The van der Waals surface area contributed by atoms with Crippen molar-refractivity contribution in [1.82, 2.24) is 10.3 Å². The first-order valence-electron chi connectivity index (χ1n) is 9.08. The molecule has 0 saturated heterocycles. The van der Waals surface area contributed by atoms with Crippen molar-refractivity contribution < 1.29 is 14.3 Å². The monoisotopic (exact) mass is 407 g/mol. The summed E-state index contributed by atoms with van der Waals surface area (Å²) in [6.45, 7) is 2.20. The van der Waals surface area contributed by atoms with Gasteiger partial charge in [0.05, 0.1) is 5.69 Å². The maximum absolute atomic E-state index is 13.1. The zero-order valence-corrected chi connectivity index (χ0v) is 16.4. The van der Waals surface area contributed by atoms with Gasteiger partial charge in [-0.2, -0.15) is 0 Å². The first kappa shape index (κ1) is 19.0. The van der Waals surface area contributed by atoms with E-state index >= 15 is 0 Å². The van der Waals surface area contributed by atoms with Crippen molar-refractivity contribution >= 4 is 29.1 Å². The van der Waals surface area contributed by atoms with Crippen LogP contribution in [0.3, 0.4) is 0 Å². The first-order chi connectivity index (χ1) is 14.0. The predicted octanol–water partition coefficient (Wildman–Crippen LogP) is 4.11. The van der Waals surface area contributed by atoms with Crippen LogP contribution in [0.15, 0.2) is 60.8 Å². The van der Waals surface area contributed by atoms with Crippen LogP contribution in [0, 0.1) is 6.92 Å². The molecule has 146 valence electrons. The Labute approximate surface area is 173 Å². The van der Waals surface area contributed by atoms with Crippen LogP contribution < -0.4 is 15.0 Å². The number of amides is 2. The van der Waals surface area contributed by atoms with Crippen LogP contribution in [-0.4, -0.2) is 23.3 Å². The van der Waals surface area contributed by atoms with Gasteiger partial charge in [-0.15, -0.1) is 0 Å². The number of hydrogen-bond acceptors (Lipinski definition) is 4. The van der Waals surface area contributed by atoms with Crippen LogP contribution in [0.25, 0.3) is 0 Å². The van der Waals surface area contributed by atoms with Crippen LogP contribution in [0.4, 0.5) is 5.69 Å². The smallest absolute Gasteiger partial charge is 0.264 e. The number of nitrogens with one attached hydrogen (secondary N) is 1. The van der Waals surface area contributed by atoms with E-state index in [1.165, 1.54) is 4.90 Å². The van der Waals surface area contributed by atoms with Crippen molar-refractivity contribution in [2.75, 3.05) is 11.4 Å². The van der Waals surface area contributed by atoms with E-state index < -0.39 is 0 Å². The molecule has 29 heavy (non-hydrogen) atoms. The van der Waals surface area contributed by atoms with Gasteiger partial charge >= 0.3 is 0 Å². The Kier molecular flexibility index (Phi) is 5.18. The number of aryl methyl sites for hydroxylation is 1. The second kappa shape index (κ2) is 7.93. The lowest BCUT2D eigenvalue weighted by atomic mass is 10.1.